The Hall–Kier alpha value is -0.220. The van der Waals surface area contributed by atoms with Gasteiger partial charge in [-0.25, -0.2) is 0 Å². The van der Waals surface area contributed by atoms with Crippen molar-refractivity contribution < 1.29 is 9.53 Å². The Morgan fingerprint density at radius 1 is 1.35 bits per heavy atom. The Kier molecular flexibility index (Phi) is 8.62. The molecule has 0 aromatic heterocycles. The zero-order valence-corrected chi connectivity index (χ0v) is 14.2. The summed E-state index contributed by atoms with van der Waals surface area (Å²) in [4.78, 5) is 12.3. The molecule has 1 rings (SSSR count). The molecule has 0 saturated heterocycles. The molecule has 2 unspecified atom stereocenters. The highest BCUT2D eigenvalue weighted by Crippen LogP contribution is 2.36. The number of rotatable bonds is 9. The standard InChI is InChI=1S/C16H31NO2S/c1-4-7-8-12-20-14-10-9-11-16(13-14,17-5-2)15(18)19-6-3/h14,17H,4-13H2,1-3H3. The van der Waals surface area contributed by atoms with Gasteiger partial charge in [-0.05, 0) is 51.3 Å². The van der Waals surface area contributed by atoms with E-state index in [1.54, 1.807) is 0 Å². The number of ether oxygens (including phenoxy) is 1. The quantitative estimate of drug-likeness (QED) is 0.520. The van der Waals surface area contributed by atoms with Crippen molar-refractivity contribution in [1.82, 2.24) is 5.32 Å². The van der Waals surface area contributed by atoms with E-state index in [9.17, 15) is 4.79 Å². The molecule has 1 N–H and O–H groups in total. The van der Waals surface area contributed by atoms with Gasteiger partial charge in [-0.15, -0.1) is 0 Å². The lowest BCUT2D eigenvalue weighted by Gasteiger charge is -2.39. The second kappa shape index (κ2) is 9.67. The van der Waals surface area contributed by atoms with Crippen LogP contribution >= 0.6 is 11.8 Å². The Morgan fingerprint density at radius 3 is 2.80 bits per heavy atom. The smallest absolute Gasteiger partial charge is 0.326 e. The fourth-order valence-corrected chi connectivity index (χ4v) is 4.43. The molecule has 0 bridgehead atoms. The topological polar surface area (TPSA) is 38.3 Å². The summed E-state index contributed by atoms with van der Waals surface area (Å²) in [5.74, 6) is 1.18. The molecule has 0 aromatic carbocycles. The zero-order valence-electron chi connectivity index (χ0n) is 13.4. The molecule has 1 saturated carbocycles. The molecule has 0 spiro atoms. The predicted molar refractivity (Wildman–Crippen MR) is 87.3 cm³/mol. The summed E-state index contributed by atoms with van der Waals surface area (Å²) < 4.78 is 5.32. The highest BCUT2D eigenvalue weighted by atomic mass is 32.2. The van der Waals surface area contributed by atoms with Crippen LogP contribution in [0.25, 0.3) is 0 Å². The molecule has 1 aliphatic carbocycles. The van der Waals surface area contributed by atoms with Crippen molar-refractivity contribution in [1.29, 1.82) is 0 Å². The Morgan fingerprint density at radius 2 is 2.15 bits per heavy atom. The number of thioether (sulfide) groups is 1. The second-order valence-corrected chi connectivity index (χ2v) is 7.04. The number of carbonyl (C=O) groups excluding carboxylic acids is 1. The van der Waals surface area contributed by atoms with Crippen LogP contribution in [0, 0.1) is 0 Å². The summed E-state index contributed by atoms with van der Waals surface area (Å²) in [6.45, 7) is 7.49. The van der Waals surface area contributed by atoms with Gasteiger partial charge in [0.2, 0.25) is 0 Å². The lowest BCUT2D eigenvalue weighted by molar-refractivity contribution is -0.152. The largest absolute Gasteiger partial charge is 0.465 e. The van der Waals surface area contributed by atoms with Crippen LogP contribution in [0.15, 0.2) is 0 Å². The maximum Gasteiger partial charge on any atom is 0.326 e. The number of carbonyl (C=O) groups is 1. The molecule has 3 nitrogen and oxygen atoms in total. The molecule has 0 heterocycles. The van der Waals surface area contributed by atoms with Crippen molar-refractivity contribution in [2.24, 2.45) is 0 Å². The monoisotopic (exact) mass is 301 g/mol. The summed E-state index contributed by atoms with van der Waals surface area (Å²) in [7, 11) is 0. The molecular formula is C16H31NO2S. The normalized spacial score (nSPS) is 26.4. The average molecular weight is 301 g/mol. The first-order valence-corrected chi connectivity index (χ1v) is 9.27. The van der Waals surface area contributed by atoms with Gasteiger partial charge in [0.1, 0.15) is 5.54 Å². The van der Waals surface area contributed by atoms with Crippen LogP contribution in [0.2, 0.25) is 0 Å². The summed E-state index contributed by atoms with van der Waals surface area (Å²) in [6, 6.07) is 0. The van der Waals surface area contributed by atoms with Crippen LogP contribution < -0.4 is 5.32 Å². The molecule has 20 heavy (non-hydrogen) atoms. The molecule has 0 aliphatic heterocycles. The highest BCUT2D eigenvalue weighted by Gasteiger charge is 2.43. The zero-order chi connectivity index (χ0) is 14.8. The van der Waals surface area contributed by atoms with E-state index in [4.69, 9.17) is 4.74 Å². The van der Waals surface area contributed by atoms with Gasteiger partial charge >= 0.3 is 5.97 Å². The van der Waals surface area contributed by atoms with Crippen LogP contribution in [-0.2, 0) is 9.53 Å². The van der Waals surface area contributed by atoms with Gasteiger partial charge in [-0.2, -0.15) is 11.8 Å². The number of likely N-dealkylation sites (N-methyl/N-ethyl adjacent to an activating group) is 1. The molecule has 0 amide bonds. The molecule has 4 heteroatoms. The van der Waals surface area contributed by atoms with E-state index < -0.39 is 5.54 Å². The first-order chi connectivity index (χ1) is 9.68. The molecule has 1 aliphatic rings. The first kappa shape index (κ1) is 17.8. The number of hydrogen-bond donors (Lipinski definition) is 1. The maximum absolute atomic E-state index is 12.3. The Balaban J connectivity index is 2.54. The Labute approximate surface area is 128 Å². The third-order valence-electron chi connectivity index (χ3n) is 3.99. The van der Waals surface area contributed by atoms with Gasteiger partial charge in [0.15, 0.2) is 0 Å². The number of unbranched alkanes of at least 4 members (excludes halogenated alkanes) is 2. The van der Waals surface area contributed by atoms with Crippen molar-refractivity contribution in [2.45, 2.75) is 76.5 Å². The average Bonchev–Trinajstić information content (AvgIpc) is 2.45. The second-order valence-electron chi connectivity index (χ2n) is 5.63. The van der Waals surface area contributed by atoms with E-state index in [0.717, 1.165) is 25.8 Å². The van der Waals surface area contributed by atoms with E-state index in [-0.39, 0.29) is 5.97 Å². The predicted octanol–water partition coefficient (Wildman–Crippen LogP) is 3.76. The van der Waals surface area contributed by atoms with E-state index in [1.807, 2.05) is 6.92 Å². The van der Waals surface area contributed by atoms with Crippen molar-refractivity contribution >= 4 is 17.7 Å². The number of esters is 1. The van der Waals surface area contributed by atoms with Gasteiger partial charge in [0.25, 0.3) is 0 Å². The van der Waals surface area contributed by atoms with Crippen LogP contribution in [0.4, 0.5) is 0 Å². The van der Waals surface area contributed by atoms with Gasteiger partial charge < -0.3 is 10.1 Å². The van der Waals surface area contributed by atoms with Crippen molar-refractivity contribution in [3.63, 3.8) is 0 Å². The van der Waals surface area contributed by atoms with E-state index in [2.05, 4.69) is 30.9 Å². The van der Waals surface area contributed by atoms with Crippen LogP contribution in [0.1, 0.15) is 65.7 Å². The first-order valence-electron chi connectivity index (χ1n) is 8.22. The molecule has 2 atom stereocenters. The molecule has 118 valence electrons. The SMILES string of the molecule is CCCCCSC1CCCC(NCC)(C(=O)OCC)C1. The third-order valence-corrected chi connectivity index (χ3v) is 5.39. The summed E-state index contributed by atoms with van der Waals surface area (Å²) >= 11 is 2.05. The molecule has 0 aromatic rings. The van der Waals surface area contributed by atoms with Crippen molar-refractivity contribution in [3.05, 3.63) is 0 Å². The third kappa shape index (κ3) is 5.28. The van der Waals surface area contributed by atoms with Gasteiger partial charge in [0, 0.05) is 5.25 Å². The summed E-state index contributed by atoms with van der Waals surface area (Å²) in [5, 5.41) is 4.03. The van der Waals surface area contributed by atoms with E-state index >= 15 is 0 Å². The molecule has 0 radical (unpaired) electrons. The maximum atomic E-state index is 12.3. The lowest BCUT2D eigenvalue weighted by Crippen LogP contribution is -2.56. The lowest BCUT2D eigenvalue weighted by atomic mass is 9.81. The van der Waals surface area contributed by atoms with Crippen LogP contribution in [0.5, 0.6) is 0 Å². The van der Waals surface area contributed by atoms with Gasteiger partial charge in [0.05, 0.1) is 6.61 Å². The van der Waals surface area contributed by atoms with Crippen LogP contribution in [-0.4, -0.2) is 35.7 Å². The minimum Gasteiger partial charge on any atom is -0.465 e. The number of hydrogen-bond acceptors (Lipinski definition) is 4. The van der Waals surface area contributed by atoms with Gasteiger partial charge in [-0.3, -0.25) is 4.79 Å². The minimum absolute atomic E-state index is 0.0410. The van der Waals surface area contributed by atoms with E-state index in [0.29, 0.717) is 11.9 Å². The Bertz CT molecular complexity index is 282. The molecular weight excluding hydrogens is 270 g/mol. The summed E-state index contributed by atoms with van der Waals surface area (Å²) in [6.07, 6.45) is 8.10. The van der Waals surface area contributed by atoms with Gasteiger partial charge in [-0.1, -0.05) is 26.7 Å². The molecule has 1 fully saturated rings. The van der Waals surface area contributed by atoms with Crippen LogP contribution in [0.3, 0.4) is 0 Å². The number of nitrogens with one attached hydrogen (secondary N) is 1. The van der Waals surface area contributed by atoms with Crippen molar-refractivity contribution in [2.75, 3.05) is 18.9 Å². The minimum atomic E-state index is -0.425. The van der Waals surface area contributed by atoms with E-state index in [1.165, 1.54) is 31.4 Å². The van der Waals surface area contributed by atoms with Crippen molar-refractivity contribution in [3.8, 4) is 0 Å². The summed E-state index contributed by atoms with van der Waals surface area (Å²) in [5.41, 5.74) is -0.425. The fraction of sp³-hybridized carbons (Fsp3) is 0.938. The highest BCUT2D eigenvalue weighted by molar-refractivity contribution is 7.99. The fourth-order valence-electron chi connectivity index (χ4n) is 2.99.